The molecule has 0 saturated heterocycles. The molecule has 0 fully saturated rings. The smallest absolute Gasteiger partial charge is 0.138 e. The number of hydrogen-bond donors (Lipinski definition) is 1. The molecule has 0 spiro atoms. The van der Waals surface area contributed by atoms with Crippen molar-refractivity contribution in [1.29, 1.82) is 0 Å². The van der Waals surface area contributed by atoms with E-state index in [1.807, 2.05) is 11.3 Å². The van der Waals surface area contributed by atoms with Crippen molar-refractivity contribution in [1.82, 2.24) is 9.97 Å². The Balaban J connectivity index is 2.01. The van der Waals surface area contributed by atoms with Crippen LogP contribution in [-0.4, -0.2) is 16.0 Å². The zero-order valence-corrected chi connectivity index (χ0v) is 11.8. The molecule has 1 aliphatic rings. The lowest BCUT2D eigenvalue weighted by atomic mass is 10.1. The first-order chi connectivity index (χ1) is 8.79. The van der Waals surface area contributed by atoms with Gasteiger partial charge in [-0.05, 0) is 38.2 Å². The minimum absolute atomic E-state index is 0.477. The Bertz CT molecular complexity index is 561. The number of nitrogens with zero attached hydrogens (tertiary/aromatic N) is 2. The predicted octanol–water partition coefficient (Wildman–Crippen LogP) is 3.78. The molecule has 4 heteroatoms. The van der Waals surface area contributed by atoms with E-state index in [1.165, 1.54) is 47.9 Å². The molecule has 18 heavy (non-hydrogen) atoms. The largest absolute Gasteiger partial charge is 0.367 e. The molecule has 0 aliphatic heterocycles. The second-order valence-electron chi connectivity index (χ2n) is 5.09. The average Bonchev–Trinajstić information content (AvgIpc) is 2.89. The SMILES string of the molecule is CCC[C@@H](C)Nc1ncnc2sc3c(c12)CCC3. The molecule has 0 amide bonds. The van der Waals surface area contributed by atoms with Crippen molar-refractivity contribution in [3.8, 4) is 0 Å². The van der Waals surface area contributed by atoms with Gasteiger partial charge in [0.25, 0.3) is 0 Å². The van der Waals surface area contributed by atoms with Crippen LogP contribution >= 0.6 is 11.3 Å². The van der Waals surface area contributed by atoms with E-state index < -0.39 is 0 Å². The molecular formula is C14H19N3S. The summed E-state index contributed by atoms with van der Waals surface area (Å²) in [6.45, 7) is 4.44. The summed E-state index contributed by atoms with van der Waals surface area (Å²) in [6.07, 6.45) is 7.77. The fraction of sp³-hybridized carbons (Fsp3) is 0.571. The molecule has 2 aromatic rings. The van der Waals surface area contributed by atoms with Crippen LogP contribution in [0.5, 0.6) is 0 Å². The van der Waals surface area contributed by atoms with Gasteiger partial charge in [-0.3, -0.25) is 0 Å². The molecule has 1 atom stereocenters. The summed E-state index contributed by atoms with van der Waals surface area (Å²) in [5, 5.41) is 4.85. The second kappa shape index (κ2) is 4.84. The molecule has 96 valence electrons. The summed E-state index contributed by atoms with van der Waals surface area (Å²) >= 11 is 1.85. The van der Waals surface area contributed by atoms with Gasteiger partial charge in [-0.25, -0.2) is 9.97 Å². The predicted molar refractivity (Wildman–Crippen MR) is 77.4 cm³/mol. The van der Waals surface area contributed by atoms with E-state index in [-0.39, 0.29) is 0 Å². The molecule has 2 heterocycles. The van der Waals surface area contributed by atoms with Crippen molar-refractivity contribution in [2.45, 2.75) is 52.0 Å². The molecule has 1 aliphatic carbocycles. The van der Waals surface area contributed by atoms with Crippen LogP contribution in [0.15, 0.2) is 6.33 Å². The standard InChI is InChI=1S/C14H19N3S/c1-3-5-9(2)17-13-12-10-6-4-7-11(10)18-14(12)16-8-15-13/h8-9H,3-7H2,1-2H3,(H,15,16,17)/t9-/m1/s1. The summed E-state index contributed by atoms with van der Waals surface area (Å²) in [4.78, 5) is 11.6. The van der Waals surface area contributed by atoms with Crippen LogP contribution in [0.4, 0.5) is 5.82 Å². The molecule has 0 aromatic carbocycles. The first kappa shape index (κ1) is 11.9. The number of thiophene rings is 1. The highest BCUT2D eigenvalue weighted by Gasteiger charge is 2.21. The van der Waals surface area contributed by atoms with Gasteiger partial charge in [-0.1, -0.05) is 13.3 Å². The molecule has 1 N–H and O–H groups in total. The molecular weight excluding hydrogens is 242 g/mol. The Kier molecular flexibility index (Phi) is 3.20. The summed E-state index contributed by atoms with van der Waals surface area (Å²) in [6, 6.07) is 0.477. The van der Waals surface area contributed by atoms with Gasteiger partial charge in [-0.2, -0.15) is 0 Å². The zero-order valence-electron chi connectivity index (χ0n) is 11.0. The van der Waals surface area contributed by atoms with Crippen LogP contribution in [0.1, 0.15) is 43.6 Å². The van der Waals surface area contributed by atoms with Gasteiger partial charge < -0.3 is 5.32 Å². The highest BCUT2D eigenvalue weighted by atomic mass is 32.1. The summed E-state index contributed by atoms with van der Waals surface area (Å²) in [5.41, 5.74) is 1.50. The lowest BCUT2D eigenvalue weighted by molar-refractivity contribution is 0.688. The monoisotopic (exact) mass is 261 g/mol. The molecule has 0 bridgehead atoms. The minimum Gasteiger partial charge on any atom is -0.367 e. The molecule has 0 saturated carbocycles. The average molecular weight is 261 g/mol. The maximum Gasteiger partial charge on any atom is 0.138 e. The first-order valence-electron chi connectivity index (χ1n) is 6.81. The molecule has 3 nitrogen and oxygen atoms in total. The van der Waals surface area contributed by atoms with Gasteiger partial charge in [0, 0.05) is 10.9 Å². The van der Waals surface area contributed by atoms with Gasteiger partial charge in [0.1, 0.15) is 17.0 Å². The fourth-order valence-electron chi connectivity index (χ4n) is 2.78. The molecule has 3 rings (SSSR count). The molecule has 0 unspecified atom stereocenters. The van der Waals surface area contributed by atoms with E-state index in [0.717, 1.165) is 10.6 Å². The number of hydrogen-bond acceptors (Lipinski definition) is 4. The Morgan fingerprint density at radius 2 is 2.28 bits per heavy atom. The highest BCUT2D eigenvalue weighted by Crippen LogP contribution is 2.39. The minimum atomic E-state index is 0.477. The van der Waals surface area contributed by atoms with Crippen LogP contribution < -0.4 is 5.32 Å². The third-order valence-corrected chi connectivity index (χ3v) is 4.81. The van der Waals surface area contributed by atoms with Crippen molar-refractivity contribution in [2.75, 3.05) is 5.32 Å². The topological polar surface area (TPSA) is 37.8 Å². The van der Waals surface area contributed by atoms with E-state index in [0.29, 0.717) is 6.04 Å². The third kappa shape index (κ3) is 1.99. The zero-order chi connectivity index (χ0) is 12.5. The summed E-state index contributed by atoms with van der Waals surface area (Å²) in [7, 11) is 0. The van der Waals surface area contributed by atoms with Crippen LogP contribution in [0.2, 0.25) is 0 Å². The lowest BCUT2D eigenvalue weighted by Crippen LogP contribution is -2.15. The third-order valence-electron chi connectivity index (χ3n) is 3.61. The molecule has 2 aromatic heterocycles. The number of rotatable bonds is 4. The number of aromatic nitrogens is 2. The maximum absolute atomic E-state index is 4.46. The second-order valence-corrected chi connectivity index (χ2v) is 6.18. The fourth-order valence-corrected chi connectivity index (χ4v) is 4.01. The van der Waals surface area contributed by atoms with E-state index >= 15 is 0 Å². The summed E-state index contributed by atoms with van der Waals surface area (Å²) < 4.78 is 0. The van der Waals surface area contributed by atoms with Gasteiger partial charge in [0.2, 0.25) is 0 Å². The lowest BCUT2D eigenvalue weighted by Gasteiger charge is -2.14. The van der Waals surface area contributed by atoms with Crippen LogP contribution in [0.3, 0.4) is 0 Å². The van der Waals surface area contributed by atoms with E-state index in [2.05, 4.69) is 29.1 Å². The van der Waals surface area contributed by atoms with Gasteiger partial charge in [0.05, 0.1) is 5.39 Å². The van der Waals surface area contributed by atoms with Crippen molar-refractivity contribution in [3.63, 3.8) is 0 Å². The van der Waals surface area contributed by atoms with Gasteiger partial charge in [-0.15, -0.1) is 11.3 Å². The van der Waals surface area contributed by atoms with E-state index in [1.54, 1.807) is 6.33 Å². The van der Waals surface area contributed by atoms with Crippen molar-refractivity contribution in [2.24, 2.45) is 0 Å². The Hall–Kier alpha value is -1.16. The Morgan fingerprint density at radius 3 is 3.11 bits per heavy atom. The van der Waals surface area contributed by atoms with Gasteiger partial charge in [0.15, 0.2) is 0 Å². The van der Waals surface area contributed by atoms with E-state index in [4.69, 9.17) is 0 Å². The number of nitrogens with one attached hydrogen (secondary N) is 1. The molecule has 0 radical (unpaired) electrons. The Morgan fingerprint density at radius 1 is 1.39 bits per heavy atom. The number of fused-ring (bicyclic) bond motifs is 3. The number of aryl methyl sites for hydroxylation is 2. The van der Waals surface area contributed by atoms with Gasteiger partial charge >= 0.3 is 0 Å². The normalized spacial score (nSPS) is 15.9. The van der Waals surface area contributed by atoms with E-state index in [9.17, 15) is 0 Å². The summed E-state index contributed by atoms with van der Waals surface area (Å²) in [5.74, 6) is 1.04. The van der Waals surface area contributed by atoms with Crippen LogP contribution in [-0.2, 0) is 12.8 Å². The quantitative estimate of drug-likeness (QED) is 0.910. The Labute approximate surface area is 112 Å². The van der Waals surface area contributed by atoms with Crippen LogP contribution in [0.25, 0.3) is 10.2 Å². The first-order valence-corrected chi connectivity index (χ1v) is 7.63. The van der Waals surface area contributed by atoms with Crippen molar-refractivity contribution in [3.05, 3.63) is 16.8 Å². The number of anilines is 1. The maximum atomic E-state index is 4.46. The van der Waals surface area contributed by atoms with Crippen molar-refractivity contribution < 1.29 is 0 Å². The van der Waals surface area contributed by atoms with Crippen molar-refractivity contribution >= 4 is 27.4 Å². The van der Waals surface area contributed by atoms with Crippen LogP contribution in [0, 0.1) is 0 Å². The highest BCUT2D eigenvalue weighted by molar-refractivity contribution is 7.19.